The number of aliphatic hydroxyl groups excluding tert-OH is 1. The van der Waals surface area contributed by atoms with Crippen LogP contribution < -0.4 is 4.74 Å². The Balaban J connectivity index is 2.72. The van der Waals surface area contributed by atoms with E-state index >= 15 is 0 Å². The van der Waals surface area contributed by atoms with Gasteiger partial charge in [0, 0.05) is 0 Å². The van der Waals surface area contributed by atoms with Crippen LogP contribution >= 0.6 is 0 Å². The minimum atomic E-state index is -4.41. The van der Waals surface area contributed by atoms with Crippen LogP contribution in [0.4, 0.5) is 13.2 Å². The van der Waals surface area contributed by atoms with Crippen molar-refractivity contribution in [3.05, 3.63) is 29.8 Å². The van der Waals surface area contributed by atoms with Gasteiger partial charge in [-0.15, -0.1) is 0 Å². The third-order valence-electron chi connectivity index (χ3n) is 4.07. The summed E-state index contributed by atoms with van der Waals surface area (Å²) >= 11 is 0. The van der Waals surface area contributed by atoms with Crippen LogP contribution in [0.3, 0.4) is 0 Å². The first-order valence-corrected chi connectivity index (χ1v) is 10.4. The van der Waals surface area contributed by atoms with Crippen molar-refractivity contribution >= 4 is 8.32 Å². The number of aliphatic hydroxyl groups is 1. The standard InChI is InChI=1S/C16H25F3O3Si/c1-15(2,3)23(4,5)22-14(10-20)11-21-13-8-6-7-12(9-13)16(17,18)19/h6-9,14,20H,10-11H2,1-5H3/t14-/m0/s1. The number of alkyl halides is 3. The fourth-order valence-electron chi connectivity index (χ4n) is 1.67. The van der Waals surface area contributed by atoms with Crippen molar-refractivity contribution in [1.82, 2.24) is 0 Å². The molecule has 0 fully saturated rings. The Morgan fingerprint density at radius 1 is 1.17 bits per heavy atom. The number of halogens is 3. The first-order chi connectivity index (χ1) is 10.4. The molecule has 7 heteroatoms. The van der Waals surface area contributed by atoms with Gasteiger partial charge in [0.2, 0.25) is 0 Å². The Bertz CT molecular complexity index is 510. The van der Waals surface area contributed by atoms with Gasteiger partial charge in [-0.3, -0.25) is 0 Å². The highest BCUT2D eigenvalue weighted by Crippen LogP contribution is 2.37. The van der Waals surface area contributed by atoms with Crippen LogP contribution in [0, 0.1) is 0 Å². The summed E-state index contributed by atoms with van der Waals surface area (Å²) in [7, 11) is -2.09. The average Bonchev–Trinajstić information content (AvgIpc) is 2.41. The molecule has 0 aromatic heterocycles. The van der Waals surface area contributed by atoms with Crippen molar-refractivity contribution < 1.29 is 27.4 Å². The van der Waals surface area contributed by atoms with Crippen molar-refractivity contribution in [2.24, 2.45) is 0 Å². The molecule has 0 aliphatic heterocycles. The molecule has 0 amide bonds. The summed E-state index contributed by atoms with van der Waals surface area (Å²) < 4.78 is 49.4. The molecule has 1 aromatic rings. The number of rotatable bonds is 6. The van der Waals surface area contributed by atoms with Gasteiger partial charge in [-0.1, -0.05) is 26.8 Å². The molecule has 0 heterocycles. The van der Waals surface area contributed by atoms with Crippen LogP contribution in [0.2, 0.25) is 18.1 Å². The summed E-state index contributed by atoms with van der Waals surface area (Å²) in [5.74, 6) is 0.108. The van der Waals surface area contributed by atoms with Crippen molar-refractivity contribution in [2.45, 2.75) is 51.2 Å². The molecule has 1 aromatic carbocycles. The minimum absolute atomic E-state index is 0.00429. The molecule has 1 N–H and O–H groups in total. The quantitative estimate of drug-likeness (QED) is 0.770. The molecule has 0 saturated heterocycles. The SMILES string of the molecule is CC(C)(C)[Si](C)(C)O[C@@H](CO)COc1cccc(C(F)(F)F)c1. The largest absolute Gasteiger partial charge is 0.491 e. The van der Waals surface area contributed by atoms with Gasteiger partial charge >= 0.3 is 6.18 Å². The van der Waals surface area contributed by atoms with Gasteiger partial charge in [-0.25, -0.2) is 0 Å². The second-order valence-corrected chi connectivity index (χ2v) is 11.8. The summed E-state index contributed by atoms with van der Waals surface area (Å²) in [5, 5.41) is 9.42. The molecule has 132 valence electrons. The normalized spacial score (nSPS) is 14.7. The van der Waals surface area contributed by atoms with Gasteiger partial charge < -0.3 is 14.3 Å². The van der Waals surface area contributed by atoms with Crippen molar-refractivity contribution in [3.63, 3.8) is 0 Å². The van der Waals surface area contributed by atoms with E-state index in [0.717, 1.165) is 12.1 Å². The molecule has 0 spiro atoms. The molecular formula is C16H25F3O3Si. The van der Waals surface area contributed by atoms with E-state index in [1.807, 2.05) is 13.1 Å². The number of hydrogen-bond donors (Lipinski definition) is 1. The Kier molecular flexibility index (Phi) is 6.29. The number of hydrogen-bond acceptors (Lipinski definition) is 3. The highest BCUT2D eigenvalue weighted by molar-refractivity contribution is 6.74. The zero-order chi connectivity index (χ0) is 17.9. The molecule has 23 heavy (non-hydrogen) atoms. The third kappa shape index (κ3) is 5.82. The topological polar surface area (TPSA) is 38.7 Å². The van der Waals surface area contributed by atoms with Crippen LogP contribution in [0.1, 0.15) is 26.3 Å². The summed E-state index contributed by atoms with van der Waals surface area (Å²) in [5.41, 5.74) is -0.763. The maximum atomic E-state index is 12.7. The molecule has 0 saturated carbocycles. The fraction of sp³-hybridized carbons (Fsp3) is 0.625. The van der Waals surface area contributed by atoms with Gasteiger partial charge in [-0.2, -0.15) is 13.2 Å². The van der Waals surface area contributed by atoms with E-state index < -0.39 is 26.2 Å². The van der Waals surface area contributed by atoms with Crippen molar-refractivity contribution in [2.75, 3.05) is 13.2 Å². The Hall–Kier alpha value is -1.05. The second-order valence-electron chi connectivity index (χ2n) is 7.02. The lowest BCUT2D eigenvalue weighted by Crippen LogP contribution is -2.46. The van der Waals surface area contributed by atoms with E-state index in [0.29, 0.717) is 0 Å². The number of benzene rings is 1. The Labute approximate surface area is 136 Å². The van der Waals surface area contributed by atoms with E-state index in [1.165, 1.54) is 12.1 Å². The molecule has 3 nitrogen and oxygen atoms in total. The molecule has 1 rings (SSSR count). The lowest BCUT2D eigenvalue weighted by molar-refractivity contribution is -0.137. The summed E-state index contributed by atoms with van der Waals surface area (Å²) in [6.07, 6.45) is -4.97. The van der Waals surface area contributed by atoms with E-state index in [2.05, 4.69) is 20.8 Å². The lowest BCUT2D eigenvalue weighted by atomic mass is 10.2. The molecule has 0 aliphatic carbocycles. The van der Waals surface area contributed by atoms with Crippen molar-refractivity contribution in [3.8, 4) is 5.75 Å². The van der Waals surface area contributed by atoms with Gasteiger partial charge in [0.25, 0.3) is 0 Å². The lowest BCUT2D eigenvalue weighted by Gasteiger charge is -2.38. The van der Waals surface area contributed by atoms with Crippen molar-refractivity contribution in [1.29, 1.82) is 0 Å². The maximum absolute atomic E-state index is 12.7. The monoisotopic (exact) mass is 350 g/mol. The van der Waals surface area contributed by atoms with Crippen LogP contribution in [0.5, 0.6) is 5.75 Å². The number of ether oxygens (including phenoxy) is 1. The van der Waals surface area contributed by atoms with E-state index in [-0.39, 0.29) is 24.0 Å². The van der Waals surface area contributed by atoms with Crippen LogP contribution in [0.15, 0.2) is 24.3 Å². The zero-order valence-electron chi connectivity index (χ0n) is 14.2. The summed E-state index contributed by atoms with van der Waals surface area (Å²) in [6.45, 7) is 10.1. The molecule has 0 radical (unpaired) electrons. The van der Waals surface area contributed by atoms with Gasteiger partial charge in [0.15, 0.2) is 8.32 Å². The minimum Gasteiger partial charge on any atom is -0.491 e. The fourth-order valence-corrected chi connectivity index (χ4v) is 3.00. The first-order valence-electron chi connectivity index (χ1n) is 7.45. The molecule has 0 bridgehead atoms. The molecule has 0 unspecified atom stereocenters. The van der Waals surface area contributed by atoms with E-state index in [9.17, 15) is 18.3 Å². The Morgan fingerprint density at radius 2 is 1.78 bits per heavy atom. The summed E-state index contributed by atoms with van der Waals surface area (Å²) in [4.78, 5) is 0. The predicted molar refractivity (Wildman–Crippen MR) is 86.1 cm³/mol. The summed E-state index contributed by atoms with van der Waals surface area (Å²) in [6, 6.07) is 4.68. The van der Waals surface area contributed by atoms with Gasteiger partial charge in [0.1, 0.15) is 18.5 Å². The Morgan fingerprint density at radius 3 is 2.26 bits per heavy atom. The van der Waals surface area contributed by atoms with Gasteiger partial charge in [-0.05, 0) is 36.3 Å². The highest BCUT2D eigenvalue weighted by Gasteiger charge is 2.39. The second kappa shape index (κ2) is 7.23. The van der Waals surface area contributed by atoms with E-state index in [1.54, 1.807) is 0 Å². The zero-order valence-corrected chi connectivity index (χ0v) is 15.2. The predicted octanol–water partition coefficient (Wildman–Crippen LogP) is 4.47. The highest BCUT2D eigenvalue weighted by atomic mass is 28.4. The van der Waals surface area contributed by atoms with Crippen LogP contribution in [0.25, 0.3) is 0 Å². The first kappa shape index (κ1) is 20.0. The average molecular weight is 350 g/mol. The molecule has 1 atom stereocenters. The maximum Gasteiger partial charge on any atom is 0.416 e. The van der Waals surface area contributed by atoms with Gasteiger partial charge in [0.05, 0.1) is 12.2 Å². The molecular weight excluding hydrogens is 325 g/mol. The van der Waals surface area contributed by atoms with E-state index in [4.69, 9.17) is 9.16 Å². The third-order valence-corrected chi connectivity index (χ3v) is 8.60. The smallest absolute Gasteiger partial charge is 0.416 e. The van der Waals surface area contributed by atoms with Crippen LogP contribution in [-0.2, 0) is 10.6 Å². The van der Waals surface area contributed by atoms with Crippen LogP contribution in [-0.4, -0.2) is 32.7 Å². The molecule has 0 aliphatic rings.